The number of carbonyl (C=O) groups excluding carboxylic acids is 1. The minimum absolute atomic E-state index is 0.0193. The Morgan fingerprint density at radius 2 is 1.67 bits per heavy atom. The third kappa shape index (κ3) is 7.24. The van der Waals surface area contributed by atoms with Crippen molar-refractivity contribution in [2.45, 2.75) is 65.3 Å². The van der Waals surface area contributed by atoms with Gasteiger partial charge in [0.2, 0.25) is 8.32 Å². The highest BCUT2D eigenvalue weighted by Crippen LogP contribution is 2.37. The number of rotatable bonds is 4. The lowest BCUT2D eigenvalue weighted by molar-refractivity contribution is -0.0726. The molecule has 0 fully saturated rings. The predicted molar refractivity (Wildman–Crippen MR) is 92.9 cm³/mol. The van der Waals surface area contributed by atoms with Crippen LogP contribution in [0.5, 0.6) is 0 Å². The molecule has 0 saturated heterocycles. The van der Waals surface area contributed by atoms with Crippen molar-refractivity contribution < 1.29 is 14.1 Å². The fraction of sp³-hybridized carbons (Fsp3) is 0.857. The summed E-state index contributed by atoms with van der Waals surface area (Å²) in [5, 5.41) is 4.09. The standard InChI is InChI=1S/C14H30N2O3SSi/c1-13(2,3)18-12(17)16(10-11(20)15-7)19-21(8,9)14(4,5)6/h10H2,1-9H3,(H,15,20). The van der Waals surface area contributed by atoms with Gasteiger partial charge in [0.15, 0.2) is 0 Å². The maximum Gasteiger partial charge on any atom is 0.433 e. The number of hydrogen-bond donors (Lipinski definition) is 1. The molecule has 0 aromatic rings. The largest absolute Gasteiger partial charge is 0.442 e. The number of likely N-dealkylation sites (N-methyl/N-ethyl adjacent to an activating group) is 1. The lowest BCUT2D eigenvalue weighted by atomic mass is 10.2. The van der Waals surface area contributed by atoms with Gasteiger partial charge in [-0.15, -0.1) is 0 Å². The Bertz CT molecular complexity index is 387. The van der Waals surface area contributed by atoms with Crippen LogP contribution in [0, 0.1) is 0 Å². The second-order valence-corrected chi connectivity index (χ2v) is 12.7. The first-order valence-electron chi connectivity index (χ1n) is 7.10. The number of thiocarbonyl (C=S) groups is 1. The third-order valence-corrected chi connectivity index (χ3v) is 7.93. The fourth-order valence-electron chi connectivity index (χ4n) is 1.07. The molecule has 0 aliphatic carbocycles. The molecule has 0 unspecified atom stereocenters. The Labute approximate surface area is 135 Å². The highest BCUT2D eigenvalue weighted by atomic mass is 32.1. The average Bonchev–Trinajstić information content (AvgIpc) is 2.23. The highest BCUT2D eigenvalue weighted by Gasteiger charge is 2.41. The molecular formula is C14H30N2O3SSi. The zero-order chi connectivity index (χ0) is 17.1. The van der Waals surface area contributed by atoms with E-state index in [2.05, 4.69) is 39.2 Å². The summed E-state index contributed by atoms with van der Waals surface area (Å²) < 4.78 is 11.5. The van der Waals surface area contributed by atoms with Crippen LogP contribution < -0.4 is 5.32 Å². The number of ether oxygens (including phenoxy) is 1. The Morgan fingerprint density at radius 3 is 2.00 bits per heavy atom. The SMILES string of the molecule is CNC(=S)CN(O[Si](C)(C)C(C)(C)C)C(=O)OC(C)(C)C. The van der Waals surface area contributed by atoms with Gasteiger partial charge < -0.3 is 14.6 Å². The molecule has 1 amide bonds. The number of hydrogen-bond acceptors (Lipinski definition) is 4. The molecular weight excluding hydrogens is 304 g/mol. The molecule has 0 radical (unpaired) electrons. The molecule has 124 valence electrons. The first-order chi connectivity index (χ1) is 9.19. The van der Waals surface area contributed by atoms with Crippen LogP contribution in [0.4, 0.5) is 4.79 Å². The van der Waals surface area contributed by atoms with Gasteiger partial charge >= 0.3 is 6.09 Å². The molecule has 0 aliphatic heterocycles. The molecule has 21 heavy (non-hydrogen) atoms. The fourth-order valence-corrected chi connectivity index (χ4v) is 2.15. The second kappa shape index (κ2) is 7.06. The van der Waals surface area contributed by atoms with Crippen LogP contribution in [0.1, 0.15) is 41.5 Å². The Morgan fingerprint density at radius 1 is 1.19 bits per heavy atom. The van der Waals surface area contributed by atoms with Crippen LogP contribution in [0.2, 0.25) is 18.1 Å². The highest BCUT2D eigenvalue weighted by molar-refractivity contribution is 7.80. The summed E-state index contributed by atoms with van der Waals surface area (Å²) in [6.45, 7) is 16.2. The van der Waals surface area contributed by atoms with Gasteiger partial charge in [-0.05, 0) is 38.9 Å². The van der Waals surface area contributed by atoms with E-state index in [0.29, 0.717) is 4.99 Å². The predicted octanol–water partition coefficient (Wildman–Crippen LogP) is 3.71. The van der Waals surface area contributed by atoms with Crippen molar-refractivity contribution in [2.24, 2.45) is 0 Å². The molecule has 0 heterocycles. The van der Waals surface area contributed by atoms with Crippen LogP contribution in [0.25, 0.3) is 0 Å². The quantitative estimate of drug-likeness (QED) is 0.482. The van der Waals surface area contributed by atoms with Crippen LogP contribution >= 0.6 is 12.2 Å². The smallest absolute Gasteiger partial charge is 0.433 e. The molecule has 0 spiro atoms. The summed E-state index contributed by atoms with van der Waals surface area (Å²) in [5.74, 6) is 0. The minimum atomic E-state index is -2.15. The van der Waals surface area contributed by atoms with Gasteiger partial charge in [-0.2, -0.15) is 5.06 Å². The molecule has 7 heteroatoms. The van der Waals surface area contributed by atoms with Crippen molar-refractivity contribution in [3.8, 4) is 0 Å². The molecule has 0 aromatic heterocycles. The van der Waals surface area contributed by atoms with Crippen molar-refractivity contribution in [1.29, 1.82) is 0 Å². The van der Waals surface area contributed by atoms with E-state index >= 15 is 0 Å². The Balaban J connectivity index is 5.16. The normalized spacial score (nSPS) is 12.8. The molecule has 5 nitrogen and oxygen atoms in total. The van der Waals surface area contributed by atoms with E-state index in [-0.39, 0.29) is 11.6 Å². The van der Waals surface area contributed by atoms with Crippen LogP contribution in [-0.2, 0) is 9.26 Å². The van der Waals surface area contributed by atoms with Crippen LogP contribution in [-0.4, -0.2) is 43.7 Å². The summed E-state index contributed by atoms with van der Waals surface area (Å²) >= 11 is 5.15. The molecule has 1 N–H and O–H groups in total. The molecule has 0 atom stereocenters. The van der Waals surface area contributed by atoms with E-state index < -0.39 is 20.0 Å². The number of nitrogens with one attached hydrogen (secondary N) is 1. The molecule has 0 bridgehead atoms. The van der Waals surface area contributed by atoms with E-state index in [4.69, 9.17) is 21.5 Å². The summed E-state index contributed by atoms with van der Waals surface area (Å²) in [6.07, 6.45) is -0.509. The van der Waals surface area contributed by atoms with Gasteiger partial charge in [0.1, 0.15) is 12.1 Å². The van der Waals surface area contributed by atoms with E-state index in [0.717, 1.165) is 0 Å². The van der Waals surface area contributed by atoms with Crippen LogP contribution in [0.15, 0.2) is 0 Å². The number of carbonyl (C=O) groups is 1. The Kier molecular flexibility index (Phi) is 6.84. The van der Waals surface area contributed by atoms with Crippen LogP contribution in [0.3, 0.4) is 0 Å². The van der Waals surface area contributed by atoms with E-state index in [9.17, 15) is 4.79 Å². The number of nitrogens with zero attached hydrogens (tertiary/aromatic N) is 1. The first kappa shape index (κ1) is 20.3. The topological polar surface area (TPSA) is 50.8 Å². The maximum atomic E-state index is 12.3. The average molecular weight is 335 g/mol. The molecule has 0 rings (SSSR count). The van der Waals surface area contributed by atoms with Crippen molar-refractivity contribution >= 4 is 31.6 Å². The zero-order valence-corrected chi connectivity index (χ0v) is 16.6. The summed E-state index contributed by atoms with van der Waals surface area (Å²) in [7, 11) is -0.424. The van der Waals surface area contributed by atoms with Gasteiger partial charge in [-0.1, -0.05) is 33.0 Å². The van der Waals surface area contributed by atoms with Crippen molar-refractivity contribution in [3.63, 3.8) is 0 Å². The van der Waals surface area contributed by atoms with Gasteiger partial charge in [0.25, 0.3) is 0 Å². The van der Waals surface area contributed by atoms with E-state index in [1.807, 2.05) is 20.8 Å². The summed E-state index contributed by atoms with van der Waals surface area (Å²) in [4.78, 5) is 12.9. The summed E-state index contributed by atoms with van der Waals surface area (Å²) in [6, 6.07) is 0. The van der Waals surface area contributed by atoms with Gasteiger partial charge in [0, 0.05) is 7.05 Å². The van der Waals surface area contributed by atoms with Crippen molar-refractivity contribution in [1.82, 2.24) is 10.4 Å². The summed E-state index contributed by atoms with van der Waals surface area (Å²) in [5.41, 5.74) is -0.576. The third-order valence-electron chi connectivity index (χ3n) is 3.31. The zero-order valence-electron chi connectivity index (χ0n) is 14.8. The maximum absolute atomic E-state index is 12.3. The van der Waals surface area contributed by atoms with Crippen molar-refractivity contribution in [2.75, 3.05) is 13.6 Å². The van der Waals surface area contributed by atoms with E-state index in [1.165, 1.54) is 5.06 Å². The molecule has 0 aromatic carbocycles. The lowest BCUT2D eigenvalue weighted by Crippen LogP contribution is -2.51. The van der Waals surface area contributed by atoms with E-state index in [1.54, 1.807) is 7.05 Å². The van der Waals surface area contributed by atoms with Gasteiger partial charge in [-0.25, -0.2) is 4.79 Å². The number of hydroxylamine groups is 2. The van der Waals surface area contributed by atoms with Gasteiger partial charge in [0.05, 0.1) is 4.99 Å². The minimum Gasteiger partial charge on any atom is -0.442 e. The Hall–Kier alpha value is -0.663. The molecule has 0 aliphatic rings. The first-order valence-corrected chi connectivity index (χ1v) is 10.4. The molecule has 0 saturated carbocycles. The monoisotopic (exact) mass is 334 g/mol. The number of amides is 1. The van der Waals surface area contributed by atoms with Crippen molar-refractivity contribution in [3.05, 3.63) is 0 Å². The second-order valence-electron chi connectivity index (χ2n) is 7.54. The van der Waals surface area contributed by atoms with Gasteiger partial charge in [-0.3, -0.25) is 0 Å². The lowest BCUT2D eigenvalue weighted by Gasteiger charge is -2.39.